The second-order valence-electron chi connectivity index (χ2n) is 4.88. The Hall–Kier alpha value is -0.570. The highest BCUT2D eigenvalue weighted by molar-refractivity contribution is 6.30. The van der Waals surface area contributed by atoms with Gasteiger partial charge in [-0.15, -0.1) is 0 Å². The first-order chi connectivity index (χ1) is 8.65. The average Bonchev–Trinajstić information content (AvgIpc) is 2.32. The van der Waals surface area contributed by atoms with Crippen LogP contribution in [0, 0.1) is 5.92 Å². The van der Waals surface area contributed by atoms with Crippen LogP contribution in [-0.4, -0.2) is 26.3 Å². The van der Waals surface area contributed by atoms with Gasteiger partial charge in [-0.1, -0.05) is 37.6 Å². The van der Waals surface area contributed by atoms with E-state index in [1.54, 1.807) is 7.11 Å². The first-order valence-electron chi connectivity index (χ1n) is 6.62. The van der Waals surface area contributed by atoms with Crippen molar-refractivity contribution >= 4 is 11.6 Å². The van der Waals surface area contributed by atoms with Gasteiger partial charge in [0.25, 0.3) is 0 Å². The molecule has 3 heteroatoms. The molecule has 0 saturated carbocycles. The first-order valence-corrected chi connectivity index (χ1v) is 7.00. The monoisotopic (exact) mass is 269 g/mol. The van der Waals surface area contributed by atoms with Gasteiger partial charge in [-0.05, 0) is 43.0 Å². The van der Waals surface area contributed by atoms with E-state index >= 15 is 0 Å². The van der Waals surface area contributed by atoms with Crippen LogP contribution in [0.5, 0.6) is 0 Å². The highest BCUT2D eigenvalue weighted by Crippen LogP contribution is 2.14. The van der Waals surface area contributed by atoms with Gasteiger partial charge in [-0.3, -0.25) is 0 Å². The summed E-state index contributed by atoms with van der Waals surface area (Å²) in [6.07, 6.45) is 2.17. The lowest BCUT2D eigenvalue weighted by Crippen LogP contribution is -2.33. The third kappa shape index (κ3) is 5.85. The second kappa shape index (κ2) is 8.52. The molecule has 1 aromatic rings. The maximum absolute atomic E-state index is 5.90. The number of halogens is 1. The molecule has 0 fully saturated rings. The Morgan fingerprint density at radius 3 is 2.50 bits per heavy atom. The Morgan fingerprint density at radius 2 is 1.94 bits per heavy atom. The van der Waals surface area contributed by atoms with E-state index in [2.05, 4.69) is 31.3 Å². The maximum Gasteiger partial charge on any atom is 0.0488 e. The van der Waals surface area contributed by atoms with Gasteiger partial charge in [-0.25, -0.2) is 0 Å². The Bertz CT molecular complexity index is 326. The molecule has 1 aromatic carbocycles. The molecular weight excluding hydrogens is 246 g/mol. The molecule has 2 atom stereocenters. The van der Waals surface area contributed by atoms with Crippen molar-refractivity contribution in [2.75, 3.05) is 20.3 Å². The lowest BCUT2D eigenvalue weighted by atomic mass is 9.96. The number of benzene rings is 1. The van der Waals surface area contributed by atoms with Crippen LogP contribution < -0.4 is 5.32 Å². The third-order valence-electron chi connectivity index (χ3n) is 3.03. The SMILES string of the molecule is CCNC(Cc1ccc(Cl)cc1)CC(C)COC. The van der Waals surface area contributed by atoms with Gasteiger partial charge in [0.2, 0.25) is 0 Å². The van der Waals surface area contributed by atoms with Gasteiger partial charge in [0.05, 0.1) is 0 Å². The Balaban J connectivity index is 2.53. The van der Waals surface area contributed by atoms with Crippen LogP contribution in [0.15, 0.2) is 24.3 Å². The molecule has 18 heavy (non-hydrogen) atoms. The van der Waals surface area contributed by atoms with Crippen LogP contribution >= 0.6 is 11.6 Å². The molecule has 0 spiro atoms. The van der Waals surface area contributed by atoms with Crippen molar-refractivity contribution in [3.63, 3.8) is 0 Å². The van der Waals surface area contributed by atoms with Crippen molar-refractivity contribution in [3.05, 3.63) is 34.9 Å². The van der Waals surface area contributed by atoms with Crippen molar-refractivity contribution in [2.45, 2.75) is 32.7 Å². The van der Waals surface area contributed by atoms with Crippen molar-refractivity contribution in [1.29, 1.82) is 0 Å². The van der Waals surface area contributed by atoms with Gasteiger partial charge < -0.3 is 10.1 Å². The minimum atomic E-state index is 0.501. The summed E-state index contributed by atoms with van der Waals surface area (Å²) in [5.41, 5.74) is 1.33. The van der Waals surface area contributed by atoms with Crippen LogP contribution in [0.1, 0.15) is 25.8 Å². The van der Waals surface area contributed by atoms with Crippen molar-refractivity contribution in [1.82, 2.24) is 5.32 Å². The standard InChI is InChI=1S/C15H24ClNO/c1-4-17-15(9-12(2)11-18-3)10-13-5-7-14(16)8-6-13/h5-8,12,15,17H,4,9-11H2,1-3H3. The zero-order valence-electron chi connectivity index (χ0n) is 11.6. The minimum Gasteiger partial charge on any atom is -0.384 e. The molecule has 0 aromatic heterocycles. The van der Waals surface area contributed by atoms with Crippen molar-refractivity contribution in [3.8, 4) is 0 Å². The van der Waals surface area contributed by atoms with Crippen LogP contribution in [0.4, 0.5) is 0 Å². The number of hydrogen-bond acceptors (Lipinski definition) is 2. The maximum atomic E-state index is 5.90. The number of likely N-dealkylation sites (N-methyl/N-ethyl adjacent to an activating group) is 1. The predicted octanol–water partition coefficient (Wildman–Crippen LogP) is 3.53. The number of rotatable bonds is 8. The van der Waals surface area contributed by atoms with Gasteiger partial charge in [0.15, 0.2) is 0 Å². The highest BCUT2D eigenvalue weighted by atomic mass is 35.5. The fourth-order valence-corrected chi connectivity index (χ4v) is 2.40. The summed E-state index contributed by atoms with van der Waals surface area (Å²) in [5, 5.41) is 4.34. The third-order valence-corrected chi connectivity index (χ3v) is 3.28. The fraction of sp³-hybridized carbons (Fsp3) is 0.600. The largest absolute Gasteiger partial charge is 0.384 e. The predicted molar refractivity (Wildman–Crippen MR) is 78.3 cm³/mol. The van der Waals surface area contributed by atoms with Gasteiger partial charge >= 0.3 is 0 Å². The first kappa shape index (κ1) is 15.5. The number of nitrogens with one attached hydrogen (secondary N) is 1. The lowest BCUT2D eigenvalue weighted by Gasteiger charge is -2.21. The van der Waals surface area contributed by atoms with Gasteiger partial charge in [-0.2, -0.15) is 0 Å². The Morgan fingerprint density at radius 1 is 1.28 bits per heavy atom. The molecule has 2 nitrogen and oxygen atoms in total. The van der Waals surface area contributed by atoms with E-state index in [1.807, 2.05) is 12.1 Å². The van der Waals surface area contributed by atoms with E-state index < -0.39 is 0 Å². The molecule has 0 heterocycles. The van der Waals surface area contributed by atoms with E-state index in [0.717, 1.165) is 31.0 Å². The van der Waals surface area contributed by atoms with Crippen LogP contribution in [0.25, 0.3) is 0 Å². The van der Waals surface area contributed by atoms with E-state index in [4.69, 9.17) is 16.3 Å². The average molecular weight is 270 g/mol. The Labute approximate surface area is 116 Å². The molecule has 0 bridgehead atoms. The summed E-state index contributed by atoms with van der Waals surface area (Å²) >= 11 is 5.90. The highest BCUT2D eigenvalue weighted by Gasteiger charge is 2.13. The molecule has 0 aliphatic rings. The molecule has 0 aliphatic heterocycles. The van der Waals surface area contributed by atoms with Crippen LogP contribution in [0.2, 0.25) is 5.02 Å². The molecular formula is C15H24ClNO. The topological polar surface area (TPSA) is 21.3 Å². The zero-order chi connectivity index (χ0) is 13.4. The quantitative estimate of drug-likeness (QED) is 0.780. The zero-order valence-corrected chi connectivity index (χ0v) is 12.3. The molecule has 0 amide bonds. The van der Waals surface area contributed by atoms with Crippen molar-refractivity contribution < 1.29 is 4.74 Å². The van der Waals surface area contributed by atoms with E-state index in [1.165, 1.54) is 5.56 Å². The summed E-state index contributed by atoms with van der Waals surface area (Å²) in [6, 6.07) is 8.62. The number of ether oxygens (including phenoxy) is 1. The molecule has 0 aliphatic carbocycles. The van der Waals surface area contributed by atoms with E-state index in [-0.39, 0.29) is 0 Å². The minimum absolute atomic E-state index is 0.501. The smallest absolute Gasteiger partial charge is 0.0488 e. The normalized spacial score (nSPS) is 14.4. The van der Waals surface area contributed by atoms with Gasteiger partial charge in [0.1, 0.15) is 0 Å². The van der Waals surface area contributed by atoms with Gasteiger partial charge in [0, 0.05) is 24.8 Å². The molecule has 1 N–H and O–H groups in total. The van der Waals surface area contributed by atoms with Crippen LogP contribution in [-0.2, 0) is 11.2 Å². The second-order valence-corrected chi connectivity index (χ2v) is 5.32. The molecule has 0 saturated heterocycles. The number of methoxy groups -OCH3 is 1. The molecule has 1 rings (SSSR count). The molecule has 2 unspecified atom stereocenters. The summed E-state index contributed by atoms with van der Waals surface area (Å²) in [5.74, 6) is 0.575. The summed E-state index contributed by atoms with van der Waals surface area (Å²) < 4.78 is 5.20. The molecule has 0 radical (unpaired) electrons. The summed E-state index contributed by atoms with van der Waals surface area (Å²) in [6.45, 7) is 6.20. The van der Waals surface area contributed by atoms with E-state index in [0.29, 0.717) is 12.0 Å². The summed E-state index contributed by atoms with van der Waals surface area (Å²) in [7, 11) is 1.76. The Kier molecular flexibility index (Phi) is 7.33. The lowest BCUT2D eigenvalue weighted by molar-refractivity contribution is 0.149. The van der Waals surface area contributed by atoms with Crippen molar-refractivity contribution in [2.24, 2.45) is 5.92 Å². The summed E-state index contributed by atoms with van der Waals surface area (Å²) in [4.78, 5) is 0. The van der Waals surface area contributed by atoms with E-state index in [9.17, 15) is 0 Å². The fourth-order valence-electron chi connectivity index (χ4n) is 2.27. The van der Waals surface area contributed by atoms with Crippen LogP contribution in [0.3, 0.4) is 0 Å². The molecule has 102 valence electrons. The number of hydrogen-bond donors (Lipinski definition) is 1.